The Balaban J connectivity index is 0.889. The van der Waals surface area contributed by atoms with Crippen LogP contribution in [0.1, 0.15) is 0 Å². The van der Waals surface area contributed by atoms with Gasteiger partial charge in [0.15, 0.2) is 0 Å². The van der Waals surface area contributed by atoms with Crippen LogP contribution in [0.15, 0.2) is 364 Å². The molecule has 3 heterocycles. The molecule has 96 heavy (non-hydrogen) atoms. The number of benzene rings is 16. The van der Waals surface area contributed by atoms with Crippen LogP contribution in [0, 0.1) is 0 Å². The fraction of sp³-hybridized carbons (Fsp3) is 0. The number of anilines is 9. The third kappa shape index (κ3) is 8.66. The number of hydrogen-bond acceptors (Lipinski definition) is 3. The zero-order valence-corrected chi connectivity index (χ0v) is 52.3. The summed E-state index contributed by atoms with van der Waals surface area (Å²) < 4.78 is 7.65. The lowest BCUT2D eigenvalue weighted by Gasteiger charge is -2.27. The lowest BCUT2D eigenvalue weighted by Crippen LogP contribution is -2.10. The van der Waals surface area contributed by atoms with Crippen molar-refractivity contribution in [2.24, 2.45) is 0 Å². The van der Waals surface area contributed by atoms with Gasteiger partial charge in [0.05, 0.1) is 50.2 Å². The van der Waals surface area contributed by atoms with Gasteiger partial charge in [0.1, 0.15) is 0 Å². The number of para-hydroxylation sites is 6. The quantitative estimate of drug-likeness (QED) is 0.122. The zero-order valence-electron chi connectivity index (χ0n) is 52.3. The van der Waals surface area contributed by atoms with E-state index in [0.29, 0.717) is 0 Å². The summed E-state index contributed by atoms with van der Waals surface area (Å²) in [5.41, 5.74) is 19.8. The smallest absolute Gasteiger partial charge is 0.0663 e. The van der Waals surface area contributed by atoms with Crippen molar-refractivity contribution >= 4 is 149 Å². The van der Waals surface area contributed by atoms with E-state index in [2.05, 4.69) is 392 Å². The number of fused-ring (bicyclic) bond motifs is 15. The molecule has 0 spiro atoms. The first kappa shape index (κ1) is 54.8. The molecule has 450 valence electrons. The van der Waals surface area contributed by atoms with Crippen LogP contribution in [-0.4, -0.2) is 13.7 Å². The molecule has 0 saturated carbocycles. The second-order valence-electron chi connectivity index (χ2n) is 24.8. The SMILES string of the molecule is c1ccc(N(c2ccc(-n3c4ccccc4c4c3c3c5ccccc5n(-c5ccc(N(c6ccccc6)c6cccc7ccccc67)cc5)c3c3c5ccccc5n(-c5ccc(N(c6ccccc6)c6cccc7ccccc67)cc5)c43)cc2)c2cccc3ccccc23)cc1. The second-order valence-corrected chi connectivity index (χ2v) is 24.8. The predicted octanol–water partition coefficient (Wildman–Crippen LogP) is 24.8. The number of nitrogens with zero attached hydrogens (tertiary/aromatic N) is 6. The Bertz CT molecular complexity index is 5540. The van der Waals surface area contributed by atoms with Gasteiger partial charge >= 0.3 is 0 Å². The molecule has 0 aliphatic rings. The van der Waals surface area contributed by atoms with Crippen LogP contribution < -0.4 is 14.7 Å². The van der Waals surface area contributed by atoms with Gasteiger partial charge in [-0.2, -0.15) is 0 Å². The lowest BCUT2D eigenvalue weighted by molar-refractivity contribution is 1.16. The van der Waals surface area contributed by atoms with Gasteiger partial charge in [-0.3, -0.25) is 0 Å². The molecule has 19 aromatic rings. The Morgan fingerprint density at radius 1 is 0.167 bits per heavy atom. The molecular formula is C90H60N6. The fourth-order valence-corrected chi connectivity index (χ4v) is 15.4. The predicted molar refractivity (Wildman–Crippen MR) is 406 cm³/mol. The van der Waals surface area contributed by atoms with Crippen LogP contribution in [0.5, 0.6) is 0 Å². The van der Waals surface area contributed by atoms with Gasteiger partial charge in [0, 0.05) is 99.7 Å². The molecule has 0 N–H and O–H groups in total. The highest BCUT2D eigenvalue weighted by molar-refractivity contribution is 6.40. The van der Waals surface area contributed by atoms with Gasteiger partial charge in [0.25, 0.3) is 0 Å². The molecule has 0 saturated heterocycles. The van der Waals surface area contributed by atoms with Crippen molar-refractivity contribution < 1.29 is 0 Å². The van der Waals surface area contributed by atoms with E-state index in [1.807, 2.05) is 0 Å². The molecule has 0 fully saturated rings. The molecule has 0 atom stereocenters. The fourth-order valence-electron chi connectivity index (χ4n) is 15.4. The summed E-state index contributed by atoms with van der Waals surface area (Å²) in [7, 11) is 0. The third-order valence-electron chi connectivity index (χ3n) is 19.5. The normalized spacial score (nSPS) is 11.8. The molecule has 16 aromatic carbocycles. The number of rotatable bonds is 12. The molecule has 0 radical (unpaired) electrons. The van der Waals surface area contributed by atoms with Gasteiger partial charge in [0.2, 0.25) is 0 Å². The molecule has 0 aliphatic heterocycles. The van der Waals surface area contributed by atoms with Crippen LogP contribution in [0.3, 0.4) is 0 Å². The highest BCUT2D eigenvalue weighted by Gasteiger charge is 2.30. The Morgan fingerprint density at radius 3 is 0.667 bits per heavy atom. The molecule has 6 heteroatoms. The topological polar surface area (TPSA) is 24.5 Å². The second kappa shape index (κ2) is 22.4. The van der Waals surface area contributed by atoms with E-state index in [0.717, 1.165) is 101 Å². The van der Waals surface area contributed by atoms with E-state index in [1.165, 1.54) is 64.6 Å². The van der Waals surface area contributed by atoms with Crippen molar-refractivity contribution in [1.29, 1.82) is 0 Å². The molecule has 19 rings (SSSR count). The minimum absolute atomic E-state index is 1.06. The van der Waals surface area contributed by atoms with E-state index in [1.54, 1.807) is 0 Å². The van der Waals surface area contributed by atoms with Crippen molar-refractivity contribution in [2.75, 3.05) is 14.7 Å². The van der Waals surface area contributed by atoms with Crippen LogP contribution >= 0.6 is 0 Å². The molecule has 0 bridgehead atoms. The van der Waals surface area contributed by atoms with Crippen LogP contribution in [0.4, 0.5) is 51.2 Å². The maximum Gasteiger partial charge on any atom is 0.0663 e. The van der Waals surface area contributed by atoms with Crippen molar-refractivity contribution in [2.45, 2.75) is 0 Å². The molecular weight excluding hydrogens is 1170 g/mol. The van der Waals surface area contributed by atoms with E-state index in [-0.39, 0.29) is 0 Å². The molecule has 3 aromatic heterocycles. The van der Waals surface area contributed by atoms with Gasteiger partial charge < -0.3 is 28.4 Å². The zero-order chi connectivity index (χ0) is 63.2. The van der Waals surface area contributed by atoms with Crippen molar-refractivity contribution in [3.8, 4) is 17.1 Å². The Kier molecular flexibility index (Phi) is 12.8. The van der Waals surface area contributed by atoms with Gasteiger partial charge in [-0.1, -0.05) is 218 Å². The summed E-state index contributed by atoms with van der Waals surface area (Å²) >= 11 is 0. The first-order valence-corrected chi connectivity index (χ1v) is 32.9. The summed E-state index contributed by atoms with van der Waals surface area (Å²) in [6.45, 7) is 0. The molecule has 6 nitrogen and oxygen atoms in total. The first-order chi connectivity index (χ1) is 47.7. The third-order valence-corrected chi connectivity index (χ3v) is 19.5. The summed E-state index contributed by atoms with van der Waals surface area (Å²) in [5.74, 6) is 0. The number of aromatic nitrogens is 3. The maximum atomic E-state index is 2.55. The van der Waals surface area contributed by atoms with E-state index >= 15 is 0 Å². The minimum atomic E-state index is 1.06. The van der Waals surface area contributed by atoms with Crippen molar-refractivity contribution in [3.05, 3.63) is 364 Å². The molecule has 0 amide bonds. The van der Waals surface area contributed by atoms with E-state index in [4.69, 9.17) is 0 Å². The summed E-state index contributed by atoms with van der Waals surface area (Å²) in [4.78, 5) is 7.18. The Morgan fingerprint density at radius 2 is 0.385 bits per heavy atom. The Hall–Kier alpha value is -12.9. The standard InChI is InChI=1S/C90H60N6/c1-4-31-64(32-5-1)91(79-46-22-28-61-25-10-13-37-73(61)79)67-49-55-70(56-50-67)94-82-43-19-16-40-76(82)85-88(94)86-77-41-17-20-44-83(77)95(71-57-51-68(52-58-71)92(65-33-6-2-7-34-65)80-47-23-29-62-26-11-14-38-74(62)80)90(86)87-78-42-18-21-45-84(78)96(89(85)87)72-59-53-69(54-60-72)93(66-35-8-3-9-36-66)81-48-24-30-63-27-12-15-39-75(63)81/h1-60H. The van der Waals surface area contributed by atoms with E-state index < -0.39 is 0 Å². The average molecular weight is 1230 g/mol. The van der Waals surface area contributed by atoms with Gasteiger partial charge in [-0.15, -0.1) is 0 Å². The van der Waals surface area contributed by atoms with Gasteiger partial charge in [-0.25, -0.2) is 0 Å². The molecule has 0 unspecified atom stereocenters. The Labute approximate surface area is 555 Å². The summed E-state index contributed by atoms with van der Waals surface area (Å²) in [6, 6.07) is 133. The van der Waals surface area contributed by atoms with E-state index in [9.17, 15) is 0 Å². The van der Waals surface area contributed by atoms with Crippen LogP contribution in [0.2, 0.25) is 0 Å². The van der Waals surface area contributed by atoms with Crippen molar-refractivity contribution in [1.82, 2.24) is 13.7 Å². The van der Waals surface area contributed by atoms with Crippen molar-refractivity contribution in [3.63, 3.8) is 0 Å². The van der Waals surface area contributed by atoms with Crippen LogP contribution in [-0.2, 0) is 0 Å². The lowest BCUT2D eigenvalue weighted by atomic mass is 10.0. The maximum absolute atomic E-state index is 2.55. The highest BCUT2D eigenvalue weighted by atomic mass is 15.2. The summed E-state index contributed by atoms with van der Waals surface area (Å²) in [5, 5.41) is 14.2. The van der Waals surface area contributed by atoms with Gasteiger partial charge in [-0.05, 0) is 162 Å². The molecule has 0 aliphatic carbocycles. The largest absolute Gasteiger partial charge is 0.310 e. The van der Waals surface area contributed by atoms with Crippen LogP contribution in [0.25, 0.3) is 115 Å². The number of hydrogen-bond donors (Lipinski definition) is 0. The highest BCUT2D eigenvalue weighted by Crippen LogP contribution is 2.52. The average Bonchev–Trinajstić information content (AvgIpc) is 1.51. The first-order valence-electron chi connectivity index (χ1n) is 32.9. The minimum Gasteiger partial charge on any atom is -0.310 e. The summed E-state index contributed by atoms with van der Waals surface area (Å²) in [6.07, 6.45) is 0. The monoisotopic (exact) mass is 1220 g/mol.